The predicted octanol–water partition coefficient (Wildman–Crippen LogP) is 3.60. The minimum atomic E-state index is -0.0726. The molecule has 0 aliphatic carbocycles. The van der Waals surface area contributed by atoms with Gasteiger partial charge < -0.3 is 4.90 Å². The molecule has 29 heavy (non-hydrogen) atoms. The third-order valence-corrected chi connectivity index (χ3v) is 4.94. The molecule has 0 atom stereocenters. The molecule has 7 nitrogen and oxygen atoms in total. The molecule has 7 heteroatoms. The van der Waals surface area contributed by atoms with E-state index in [1.807, 2.05) is 37.5 Å². The number of H-pyrrole nitrogens is 1. The lowest BCUT2D eigenvalue weighted by atomic mass is 10.1. The number of unbranched alkanes of at least 4 members (excludes halogenated alkanes) is 2. The lowest BCUT2D eigenvalue weighted by Gasteiger charge is -2.15. The Hall–Kier alpha value is -3.48. The number of amides is 1. The molecule has 0 unspecified atom stereocenters. The van der Waals surface area contributed by atoms with Gasteiger partial charge in [-0.3, -0.25) is 14.3 Å². The minimum Gasteiger partial charge on any atom is -0.340 e. The van der Waals surface area contributed by atoms with Crippen molar-refractivity contribution < 1.29 is 4.79 Å². The van der Waals surface area contributed by atoms with Crippen LogP contribution in [0.5, 0.6) is 0 Å². The topological polar surface area (TPSA) is 79.2 Å². The summed E-state index contributed by atoms with van der Waals surface area (Å²) in [6, 6.07) is 14.1. The number of hydrogen-bond donors (Lipinski definition) is 1. The van der Waals surface area contributed by atoms with Gasteiger partial charge in [-0.05, 0) is 31.4 Å². The summed E-state index contributed by atoms with van der Waals surface area (Å²) >= 11 is 0. The van der Waals surface area contributed by atoms with Crippen LogP contribution < -0.4 is 0 Å². The van der Waals surface area contributed by atoms with Crippen LogP contribution in [0.15, 0.2) is 61.1 Å². The summed E-state index contributed by atoms with van der Waals surface area (Å²) in [5.41, 5.74) is 3.67. The van der Waals surface area contributed by atoms with Crippen molar-refractivity contribution in [1.82, 2.24) is 29.5 Å². The Morgan fingerprint density at radius 3 is 2.83 bits per heavy atom. The molecule has 0 aliphatic rings. The molecule has 1 amide bonds. The number of aromatic nitrogens is 5. The van der Waals surface area contributed by atoms with Crippen LogP contribution in [0.1, 0.15) is 35.4 Å². The van der Waals surface area contributed by atoms with Crippen LogP contribution in [-0.2, 0) is 6.42 Å². The Morgan fingerprint density at radius 1 is 1.14 bits per heavy atom. The molecule has 4 aromatic rings. The van der Waals surface area contributed by atoms with E-state index >= 15 is 0 Å². The molecule has 0 spiro atoms. The smallest absolute Gasteiger partial charge is 0.273 e. The Labute approximate surface area is 169 Å². The summed E-state index contributed by atoms with van der Waals surface area (Å²) in [6.07, 6.45) is 9.24. The highest BCUT2D eigenvalue weighted by Gasteiger charge is 2.15. The summed E-state index contributed by atoms with van der Waals surface area (Å²) in [5.74, 6) is 0.468. The fourth-order valence-corrected chi connectivity index (χ4v) is 3.32. The van der Waals surface area contributed by atoms with Crippen LogP contribution >= 0.6 is 0 Å². The zero-order chi connectivity index (χ0) is 20.1. The average Bonchev–Trinajstić information content (AvgIpc) is 3.40. The highest BCUT2D eigenvalue weighted by molar-refractivity contribution is 5.92. The van der Waals surface area contributed by atoms with Crippen LogP contribution in [0.25, 0.3) is 17.0 Å². The zero-order valence-electron chi connectivity index (χ0n) is 16.5. The van der Waals surface area contributed by atoms with E-state index in [-0.39, 0.29) is 5.91 Å². The SMILES string of the molecule is CN(CCCCCc1cc(-c2ccccc2)n[nH]1)C(=O)c1cn2cccnc2n1. The summed E-state index contributed by atoms with van der Waals surface area (Å²) in [5, 5.41) is 7.52. The van der Waals surface area contributed by atoms with Gasteiger partial charge in [0.05, 0.1) is 5.69 Å². The molecule has 3 aromatic heterocycles. The highest BCUT2D eigenvalue weighted by Crippen LogP contribution is 2.18. The third-order valence-electron chi connectivity index (χ3n) is 4.94. The first-order valence-electron chi connectivity index (χ1n) is 9.85. The molecular weight excluding hydrogens is 364 g/mol. The number of hydrogen-bond acceptors (Lipinski definition) is 4. The van der Waals surface area contributed by atoms with Gasteiger partial charge in [-0.25, -0.2) is 9.97 Å². The Morgan fingerprint density at radius 2 is 2.00 bits per heavy atom. The lowest BCUT2D eigenvalue weighted by molar-refractivity contribution is 0.0787. The minimum absolute atomic E-state index is 0.0726. The van der Waals surface area contributed by atoms with E-state index in [1.165, 1.54) is 0 Å². The van der Waals surface area contributed by atoms with E-state index in [4.69, 9.17) is 0 Å². The second kappa shape index (κ2) is 8.68. The third kappa shape index (κ3) is 4.51. The maximum Gasteiger partial charge on any atom is 0.273 e. The van der Waals surface area contributed by atoms with E-state index < -0.39 is 0 Å². The van der Waals surface area contributed by atoms with Crippen molar-refractivity contribution in [2.45, 2.75) is 25.7 Å². The number of fused-ring (bicyclic) bond motifs is 1. The van der Waals surface area contributed by atoms with E-state index in [0.717, 1.165) is 42.6 Å². The molecule has 1 aromatic carbocycles. The van der Waals surface area contributed by atoms with Crippen molar-refractivity contribution in [3.8, 4) is 11.3 Å². The quantitative estimate of drug-likeness (QED) is 0.468. The van der Waals surface area contributed by atoms with E-state index in [9.17, 15) is 4.79 Å². The standard InChI is InChI=1S/C22H24N6O/c1-27(21(29)20-16-28-14-8-12-23-22(28)24-20)13-7-3-6-11-18-15-19(26-25-18)17-9-4-2-5-10-17/h2,4-5,8-10,12,14-16H,3,6-7,11,13H2,1H3,(H,25,26). The number of carbonyl (C=O) groups excluding carboxylic acids is 1. The largest absolute Gasteiger partial charge is 0.340 e. The van der Waals surface area contributed by atoms with Crippen LogP contribution in [0.4, 0.5) is 0 Å². The Balaban J connectivity index is 1.21. The van der Waals surface area contributed by atoms with Gasteiger partial charge in [0.2, 0.25) is 5.78 Å². The first kappa shape index (κ1) is 18.9. The second-order valence-electron chi connectivity index (χ2n) is 7.13. The molecule has 4 rings (SSSR count). The van der Waals surface area contributed by atoms with Gasteiger partial charge in [-0.1, -0.05) is 36.8 Å². The van der Waals surface area contributed by atoms with Crippen LogP contribution in [0.3, 0.4) is 0 Å². The second-order valence-corrected chi connectivity index (χ2v) is 7.13. The Bertz CT molecular complexity index is 1050. The molecule has 0 radical (unpaired) electrons. The van der Waals surface area contributed by atoms with Gasteiger partial charge in [0, 0.05) is 43.4 Å². The first-order valence-corrected chi connectivity index (χ1v) is 9.85. The maximum absolute atomic E-state index is 12.5. The summed E-state index contributed by atoms with van der Waals surface area (Å²) in [7, 11) is 1.82. The van der Waals surface area contributed by atoms with Gasteiger partial charge in [-0.2, -0.15) is 5.10 Å². The van der Waals surface area contributed by atoms with Crippen molar-refractivity contribution in [2.24, 2.45) is 0 Å². The van der Waals surface area contributed by atoms with Gasteiger partial charge in [0.15, 0.2) is 0 Å². The van der Waals surface area contributed by atoms with E-state index in [1.54, 1.807) is 21.7 Å². The fraction of sp³-hybridized carbons (Fsp3) is 0.273. The summed E-state index contributed by atoms with van der Waals surface area (Å²) < 4.78 is 1.76. The monoisotopic (exact) mass is 388 g/mol. The molecule has 0 fully saturated rings. The number of nitrogens with one attached hydrogen (secondary N) is 1. The molecule has 0 bridgehead atoms. The number of carbonyl (C=O) groups is 1. The molecule has 0 aliphatic heterocycles. The highest BCUT2D eigenvalue weighted by atomic mass is 16.2. The van der Waals surface area contributed by atoms with Crippen molar-refractivity contribution in [1.29, 1.82) is 0 Å². The van der Waals surface area contributed by atoms with Gasteiger partial charge >= 0.3 is 0 Å². The molecule has 0 saturated carbocycles. The molecule has 0 saturated heterocycles. The van der Waals surface area contributed by atoms with Crippen molar-refractivity contribution in [2.75, 3.05) is 13.6 Å². The average molecular weight is 388 g/mol. The fourth-order valence-electron chi connectivity index (χ4n) is 3.32. The van der Waals surface area contributed by atoms with Gasteiger partial charge in [-0.15, -0.1) is 0 Å². The van der Waals surface area contributed by atoms with Gasteiger partial charge in [0.25, 0.3) is 5.91 Å². The Kier molecular flexibility index (Phi) is 5.65. The number of nitrogens with zero attached hydrogens (tertiary/aromatic N) is 5. The van der Waals surface area contributed by atoms with E-state index in [2.05, 4.69) is 38.4 Å². The first-order chi connectivity index (χ1) is 14.2. The van der Waals surface area contributed by atoms with Crippen LogP contribution in [0.2, 0.25) is 0 Å². The van der Waals surface area contributed by atoms with Crippen molar-refractivity contribution >= 4 is 11.7 Å². The number of aryl methyl sites for hydroxylation is 1. The van der Waals surface area contributed by atoms with Crippen molar-refractivity contribution in [3.05, 3.63) is 72.4 Å². The normalized spacial score (nSPS) is 11.1. The predicted molar refractivity (Wildman–Crippen MR) is 112 cm³/mol. The molecule has 148 valence electrons. The number of benzene rings is 1. The number of imidazole rings is 1. The van der Waals surface area contributed by atoms with Crippen molar-refractivity contribution in [3.63, 3.8) is 0 Å². The molecule has 3 heterocycles. The number of rotatable bonds is 8. The lowest BCUT2D eigenvalue weighted by Crippen LogP contribution is -2.28. The maximum atomic E-state index is 12.5. The zero-order valence-corrected chi connectivity index (χ0v) is 16.5. The van der Waals surface area contributed by atoms with Crippen LogP contribution in [-0.4, -0.2) is 49.0 Å². The summed E-state index contributed by atoms with van der Waals surface area (Å²) in [4.78, 5) is 22.7. The number of aromatic amines is 1. The van der Waals surface area contributed by atoms with Gasteiger partial charge in [0.1, 0.15) is 5.69 Å². The van der Waals surface area contributed by atoms with Crippen LogP contribution in [0, 0.1) is 0 Å². The summed E-state index contributed by atoms with van der Waals surface area (Å²) in [6.45, 7) is 0.707. The van der Waals surface area contributed by atoms with E-state index in [0.29, 0.717) is 18.0 Å². The molecular formula is C22H24N6O. The molecule has 1 N–H and O–H groups in total.